The van der Waals surface area contributed by atoms with Crippen LogP contribution >= 0.6 is 50.7 Å². The predicted octanol–water partition coefficient (Wildman–Crippen LogP) is 9.47. The average Bonchev–Trinajstić information content (AvgIpc) is 0.770. The fraction of sp³-hybridized carbons (Fsp3) is 0.533. The van der Waals surface area contributed by atoms with Gasteiger partial charge in [0.05, 0.1) is 37.5 Å². The Morgan fingerprint density at radius 2 is 0.522 bits per heavy atom. The van der Waals surface area contributed by atoms with E-state index < -0.39 is 71.8 Å². The van der Waals surface area contributed by atoms with E-state index in [1.807, 2.05) is 77.7 Å². The first-order chi connectivity index (χ1) is 65.5. The normalized spacial score (nSPS) is 21.4. The van der Waals surface area contributed by atoms with E-state index in [1.165, 1.54) is 31.3 Å². The summed E-state index contributed by atoms with van der Waals surface area (Å²) < 4.78 is 179. The number of fused-ring (bicyclic) bond motifs is 6. The molecule has 0 amide bonds. The lowest BCUT2D eigenvalue weighted by molar-refractivity contribution is 0.259. The number of para-hydroxylation sites is 1. The lowest BCUT2D eigenvalue weighted by atomic mass is 9.97. The van der Waals surface area contributed by atoms with Crippen molar-refractivity contribution in [1.82, 2.24) is 57.7 Å². The van der Waals surface area contributed by atoms with Gasteiger partial charge in [-0.05, 0) is 204 Å². The number of halogens is 6. The summed E-state index contributed by atoms with van der Waals surface area (Å²) in [6, 6.07) is 34.0. The summed E-state index contributed by atoms with van der Waals surface area (Å²) in [7, 11) is -18.9. The van der Waals surface area contributed by atoms with E-state index in [9.17, 15) is 59.3 Å². The number of nitrogens with zero attached hydrogens (tertiary/aromatic N) is 12. The molecule has 0 radical (unpaired) electrons. The van der Waals surface area contributed by atoms with Crippen molar-refractivity contribution in [3.05, 3.63) is 174 Å². The van der Waals surface area contributed by atoms with Gasteiger partial charge in [0.25, 0.3) is 0 Å². The van der Waals surface area contributed by atoms with Crippen LogP contribution in [0.25, 0.3) is 0 Å². The number of anilines is 6. The van der Waals surface area contributed by atoms with E-state index in [2.05, 4.69) is 155 Å². The molecule has 6 fully saturated rings. The van der Waals surface area contributed by atoms with Crippen LogP contribution in [-0.2, 0) is 60.1 Å². The molecule has 6 unspecified atom stereocenters. The van der Waals surface area contributed by atoms with Gasteiger partial charge in [-0.3, -0.25) is 0 Å². The molecule has 0 aliphatic carbocycles. The first-order valence-electron chi connectivity index (χ1n) is 46.2. The Kier molecular flexibility index (Phi) is 37.6. The Hall–Kier alpha value is -8.39. The van der Waals surface area contributed by atoms with Gasteiger partial charge in [-0.2, -0.15) is 0 Å². The third-order valence-corrected chi connectivity index (χ3v) is 30.4. The van der Waals surface area contributed by atoms with E-state index in [4.69, 9.17) is 34.8 Å². The minimum atomic E-state index is -3.22. The van der Waals surface area contributed by atoms with Gasteiger partial charge in [0, 0.05) is 211 Å². The third kappa shape index (κ3) is 32.6. The van der Waals surface area contributed by atoms with Crippen LogP contribution in [0.1, 0.15) is 110 Å². The lowest BCUT2D eigenvalue weighted by Gasteiger charge is -2.36. The van der Waals surface area contributed by atoms with Crippen LogP contribution < -0.4 is 60.2 Å². The van der Waals surface area contributed by atoms with Crippen molar-refractivity contribution in [2.45, 2.75) is 77.0 Å². The molecule has 12 aliphatic heterocycles. The first-order valence-corrected chi connectivity index (χ1v) is 59.5. The zero-order chi connectivity index (χ0) is 98.7. The number of likely N-dealkylation sites (tertiary alicyclic amines) is 6. The average molecular weight is 2150 g/mol. The number of hydrogen-bond acceptors (Lipinski definition) is 30. The number of aliphatic imine (C=N–C) groups is 6. The van der Waals surface area contributed by atoms with Gasteiger partial charge in [-0.25, -0.2) is 118 Å². The highest BCUT2D eigenvalue weighted by Gasteiger charge is 2.35. The molecular formula is C90H126BrCl3F2N24O12S6. The number of piperidine rings is 6. The topological polar surface area (TPSA) is 443 Å². The molecule has 6 aromatic rings. The second-order valence-electron chi connectivity index (χ2n) is 36.5. The standard InChI is InChI=1S/C15H21BrN4O2S.3C15H21ClN4O2S.C15H20F2N4O2S.C15H22N4O2S/c1-23(21,22)19-8-11-3-2-6-20(9-11)15-13-7-12(16)4-5-14(13)17-10-18-15;3*1-23(21,22)19-8-11-3-2-6-20(9-11)15-13-5-4-12(16)7-14(13)17-10-18-15;1-24(22,23)20-7-10-3-2-4-21(8-10)15-11-5-12(16)13(17)6-14(11)18-9-19-15;1-22(20,21)18-9-12-5-4-8-19(10-12)15-13-6-2-3-7-14(13)16-11-17-15/h4*4-5,7,11,17,19H,2-3,6,8-10H2,1H3;5-6,10,18,20H,2-4,7-9H2,1H3;2-3,6-7,12,16,18H,4-5,8-11H2,1H3. The molecule has 0 spiro atoms. The maximum absolute atomic E-state index is 13.6. The van der Waals surface area contributed by atoms with E-state index >= 15 is 0 Å². The number of hydrogen-bond donors (Lipinski definition) is 12. The van der Waals surface area contributed by atoms with Crippen molar-refractivity contribution >= 4 is 180 Å². The van der Waals surface area contributed by atoms with Gasteiger partial charge in [-0.15, -0.1) is 0 Å². The van der Waals surface area contributed by atoms with E-state index in [1.54, 1.807) is 0 Å². The molecule has 12 aliphatic rings. The van der Waals surface area contributed by atoms with Crippen LogP contribution in [0.15, 0.2) is 144 Å². The lowest BCUT2D eigenvalue weighted by Crippen LogP contribution is -2.45. The number of rotatable bonds is 18. The largest absolute Gasteiger partial charge is 0.366 e. The monoisotopic (exact) mass is 2150 g/mol. The first kappa shape index (κ1) is 107. The Labute approximate surface area is 834 Å². The molecule has 0 saturated carbocycles. The molecule has 138 heavy (non-hydrogen) atoms. The molecule has 36 nitrogen and oxygen atoms in total. The number of amidine groups is 6. The van der Waals surface area contributed by atoms with Crippen LogP contribution in [0.5, 0.6) is 0 Å². The van der Waals surface area contributed by atoms with Crippen molar-refractivity contribution < 1.29 is 59.3 Å². The minimum Gasteiger partial charge on any atom is -0.366 e. The zero-order valence-corrected chi connectivity index (χ0v) is 87.0. The number of benzene rings is 6. The molecule has 18 rings (SSSR count). The van der Waals surface area contributed by atoms with Crippen molar-refractivity contribution in [1.29, 1.82) is 0 Å². The highest BCUT2D eigenvalue weighted by molar-refractivity contribution is 9.10. The second kappa shape index (κ2) is 48.6. The fourth-order valence-corrected chi connectivity index (χ4v) is 22.7. The Morgan fingerprint density at radius 1 is 0.297 bits per heavy atom. The van der Waals surface area contributed by atoms with Gasteiger partial charge in [0.1, 0.15) is 75.0 Å². The maximum Gasteiger partial charge on any atom is 0.208 e. The van der Waals surface area contributed by atoms with Crippen LogP contribution in [0.3, 0.4) is 0 Å². The van der Waals surface area contributed by atoms with Crippen molar-refractivity contribution in [2.24, 2.45) is 65.5 Å². The number of sulfonamides is 6. The molecule has 6 saturated heterocycles. The van der Waals surface area contributed by atoms with E-state index in [0.717, 1.165) is 257 Å². The summed E-state index contributed by atoms with van der Waals surface area (Å²) in [5.74, 6) is 5.46. The molecule has 0 aromatic heterocycles. The summed E-state index contributed by atoms with van der Waals surface area (Å²) in [5.41, 5.74) is 11.7. The van der Waals surface area contributed by atoms with Crippen LogP contribution in [-0.4, -0.2) is 310 Å². The summed E-state index contributed by atoms with van der Waals surface area (Å²) in [5, 5.41) is 21.3. The van der Waals surface area contributed by atoms with Gasteiger partial charge < -0.3 is 61.3 Å². The maximum atomic E-state index is 13.6. The summed E-state index contributed by atoms with van der Waals surface area (Å²) in [6.45, 7) is 16.1. The summed E-state index contributed by atoms with van der Waals surface area (Å²) in [4.78, 5) is 40.9. The highest BCUT2D eigenvalue weighted by atomic mass is 79.9. The van der Waals surface area contributed by atoms with Gasteiger partial charge in [0.15, 0.2) is 11.6 Å². The SMILES string of the molecule is CS(=O)(=O)NCC1CCCN(C2=NCNc3cc(Cl)ccc32)C1.CS(=O)(=O)NCC1CCCN(C2=NCNc3cc(Cl)ccc32)C1.CS(=O)(=O)NCC1CCCN(C2=NCNc3cc(Cl)ccc32)C1.CS(=O)(=O)NCC1CCCN(C2=NCNc3cc(F)c(F)cc32)C1.CS(=O)(=O)NCC1CCCN(C2=NCNc3ccc(Br)cc32)C1.CS(=O)(=O)NCC1CCCN(C2=NCNc3ccccc32)C1. The molecule has 12 N–H and O–H groups in total. The molecule has 6 atom stereocenters. The summed E-state index contributed by atoms with van der Waals surface area (Å²) >= 11 is 21.7. The number of nitrogens with one attached hydrogen (secondary N) is 12. The third-order valence-electron chi connectivity index (χ3n) is 25.1. The van der Waals surface area contributed by atoms with Crippen LogP contribution in [0, 0.1) is 47.1 Å². The van der Waals surface area contributed by atoms with Crippen molar-refractivity contribution in [2.75, 3.05) is 227 Å². The molecule has 6 aromatic carbocycles. The van der Waals surface area contributed by atoms with Gasteiger partial charge >= 0.3 is 0 Å². The van der Waals surface area contributed by atoms with Crippen molar-refractivity contribution in [3.63, 3.8) is 0 Å². The van der Waals surface area contributed by atoms with E-state index in [-0.39, 0.29) is 5.92 Å². The smallest absolute Gasteiger partial charge is 0.208 e. The molecule has 12 heterocycles. The fourth-order valence-electron chi connectivity index (χ4n) is 18.6. The Bertz CT molecular complexity index is 5950. The molecule has 48 heteroatoms. The van der Waals surface area contributed by atoms with Gasteiger partial charge in [-0.1, -0.05) is 62.9 Å². The zero-order valence-electron chi connectivity index (χ0n) is 78.3. The van der Waals surface area contributed by atoms with Crippen LogP contribution in [0.2, 0.25) is 15.1 Å². The van der Waals surface area contributed by atoms with Gasteiger partial charge in [0.2, 0.25) is 60.1 Å². The minimum absolute atomic E-state index is 0.153. The highest BCUT2D eigenvalue weighted by Crippen LogP contribution is 2.36. The van der Waals surface area contributed by atoms with Crippen LogP contribution in [0.4, 0.5) is 42.9 Å². The molecule has 0 bridgehead atoms. The molecular weight excluding hydrogens is 2030 g/mol. The molecule has 756 valence electrons. The Morgan fingerprint density at radius 3 is 0.797 bits per heavy atom. The quantitative estimate of drug-likeness (QED) is 0.0381. The van der Waals surface area contributed by atoms with E-state index in [0.29, 0.717) is 148 Å². The second-order valence-corrected chi connectivity index (χ2v) is 49.7. The Balaban J connectivity index is 0.000000140. The summed E-state index contributed by atoms with van der Waals surface area (Å²) in [6.07, 6.45) is 19.3. The van der Waals surface area contributed by atoms with Crippen molar-refractivity contribution in [3.8, 4) is 0 Å². The predicted molar refractivity (Wildman–Crippen MR) is 554 cm³/mol.